The van der Waals surface area contributed by atoms with E-state index in [-0.39, 0.29) is 0 Å². The molecular formula is C26H34N4. The van der Waals surface area contributed by atoms with Crippen molar-refractivity contribution in [2.45, 2.75) is 48.5 Å². The van der Waals surface area contributed by atoms with Crippen LogP contribution in [0, 0.1) is 13.8 Å². The Hall–Kier alpha value is -3.27. The molecule has 1 aromatic carbocycles. The highest BCUT2D eigenvalue weighted by atomic mass is 15.4. The molecule has 30 heavy (non-hydrogen) atoms. The summed E-state index contributed by atoms with van der Waals surface area (Å²) >= 11 is 0. The summed E-state index contributed by atoms with van der Waals surface area (Å²) in [6.07, 6.45) is 7.72. The van der Waals surface area contributed by atoms with Crippen LogP contribution in [-0.2, 0) is 0 Å². The molecular weight excluding hydrogens is 368 g/mol. The summed E-state index contributed by atoms with van der Waals surface area (Å²) < 4.78 is 1.78. The number of rotatable bonds is 5. The van der Waals surface area contributed by atoms with E-state index in [1.807, 2.05) is 109 Å². The Bertz CT molecular complexity index is 980. The van der Waals surface area contributed by atoms with Crippen LogP contribution in [0.1, 0.15) is 51.7 Å². The fraction of sp³-hybridized carbons (Fsp3) is 0.269. The number of aryl methyl sites for hydroxylation is 2. The molecule has 2 aromatic heterocycles. The van der Waals surface area contributed by atoms with Crippen molar-refractivity contribution in [1.29, 1.82) is 0 Å². The molecule has 3 rings (SSSR count). The average molecular weight is 403 g/mol. The first kappa shape index (κ1) is 24.8. The summed E-state index contributed by atoms with van der Waals surface area (Å²) in [5.41, 5.74) is 5.64. The number of allylic oxidation sites excluding steroid dienone is 5. The average Bonchev–Trinajstić information content (AvgIpc) is 3.14. The summed E-state index contributed by atoms with van der Waals surface area (Å²) in [7, 11) is 0. The number of benzene rings is 1. The van der Waals surface area contributed by atoms with Gasteiger partial charge in [0.25, 0.3) is 5.95 Å². The van der Waals surface area contributed by atoms with Crippen LogP contribution in [0.4, 0.5) is 0 Å². The van der Waals surface area contributed by atoms with Crippen molar-refractivity contribution in [2.24, 2.45) is 0 Å². The van der Waals surface area contributed by atoms with Crippen molar-refractivity contribution in [2.75, 3.05) is 0 Å². The second kappa shape index (κ2) is 13.0. The second-order valence-electron chi connectivity index (χ2n) is 6.00. The van der Waals surface area contributed by atoms with Gasteiger partial charge in [-0.15, -0.1) is 0 Å². The summed E-state index contributed by atoms with van der Waals surface area (Å²) in [5, 5.41) is 4.54. The minimum atomic E-state index is 0.561. The molecule has 4 heteroatoms. The molecule has 0 aliphatic heterocycles. The van der Waals surface area contributed by atoms with Crippen molar-refractivity contribution < 1.29 is 0 Å². The van der Waals surface area contributed by atoms with E-state index >= 15 is 0 Å². The fourth-order valence-electron chi connectivity index (χ4n) is 2.80. The SMILES string of the molecule is C=C/C=C(\C=C/C)c1cc(-c2ccccc2)nc(-n2nc(C)cc2C)n1.CC.CC. The zero-order chi connectivity index (χ0) is 22.5. The third-order valence-electron chi connectivity index (χ3n) is 3.92. The standard InChI is InChI=1S/C22H22N4.2C2H6/c1-5-10-18(11-6-2)20-15-21(19-12-8-7-9-13-19)24-22(23-20)26-17(4)14-16(3)25-26;2*1-2/h5-15H,1H2,2-4H3;2*1-2H3/b11-6-,18-10+;;. The molecule has 0 N–H and O–H groups in total. The zero-order valence-electron chi connectivity index (χ0n) is 19.3. The first-order chi connectivity index (χ1) is 14.6. The molecule has 3 aromatic rings. The Labute approximate surface area is 181 Å². The molecule has 0 radical (unpaired) electrons. The molecule has 158 valence electrons. The monoisotopic (exact) mass is 402 g/mol. The molecule has 0 bridgehead atoms. The van der Waals surface area contributed by atoms with Crippen LogP contribution in [0.2, 0.25) is 0 Å². The predicted octanol–water partition coefficient (Wildman–Crippen LogP) is 7.14. The summed E-state index contributed by atoms with van der Waals surface area (Å²) in [5.74, 6) is 0.561. The lowest BCUT2D eigenvalue weighted by atomic mass is 10.1. The maximum atomic E-state index is 4.76. The van der Waals surface area contributed by atoms with Gasteiger partial charge in [-0.1, -0.05) is 88.9 Å². The summed E-state index contributed by atoms with van der Waals surface area (Å²) in [6.45, 7) is 17.8. The highest BCUT2D eigenvalue weighted by molar-refractivity contribution is 5.75. The normalized spacial score (nSPS) is 10.7. The maximum absolute atomic E-state index is 4.76. The lowest BCUT2D eigenvalue weighted by Gasteiger charge is -2.10. The van der Waals surface area contributed by atoms with Crippen molar-refractivity contribution in [3.8, 4) is 17.2 Å². The maximum Gasteiger partial charge on any atom is 0.251 e. The van der Waals surface area contributed by atoms with Gasteiger partial charge in [-0.25, -0.2) is 14.6 Å². The predicted molar refractivity (Wildman–Crippen MR) is 130 cm³/mol. The van der Waals surface area contributed by atoms with Gasteiger partial charge in [-0.2, -0.15) is 5.10 Å². The highest BCUT2D eigenvalue weighted by Crippen LogP contribution is 2.23. The quantitative estimate of drug-likeness (QED) is 0.426. The molecule has 2 heterocycles. The van der Waals surface area contributed by atoms with Gasteiger partial charge in [0.1, 0.15) is 0 Å². The van der Waals surface area contributed by atoms with Crippen molar-refractivity contribution >= 4 is 5.57 Å². The van der Waals surface area contributed by atoms with E-state index in [1.54, 1.807) is 10.8 Å². The van der Waals surface area contributed by atoms with Crippen LogP contribution in [0.5, 0.6) is 0 Å². The zero-order valence-corrected chi connectivity index (χ0v) is 19.3. The number of hydrogen-bond acceptors (Lipinski definition) is 3. The summed E-state index contributed by atoms with van der Waals surface area (Å²) in [4.78, 5) is 9.53. The third kappa shape index (κ3) is 6.38. The molecule has 0 saturated heterocycles. The fourth-order valence-corrected chi connectivity index (χ4v) is 2.80. The van der Waals surface area contributed by atoms with E-state index in [1.165, 1.54) is 0 Å². The molecule has 0 spiro atoms. The minimum Gasteiger partial charge on any atom is -0.211 e. The van der Waals surface area contributed by atoms with Crippen LogP contribution in [-0.4, -0.2) is 19.7 Å². The van der Waals surface area contributed by atoms with Crippen LogP contribution >= 0.6 is 0 Å². The lowest BCUT2D eigenvalue weighted by molar-refractivity contribution is 0.773. The largest absolute Gasteiger partial charge is 0.251 e. The van der Waals surface area contributed by atoms with E-state index in [0.29, 0.717) is 5.95 Å². The molecule has 0 atom stereocenters. The Balaban J connectivity index is 0.00000106. The van der Waals surface area contributed by atoms with E-state index in [0.717, 1.165) is 33.9 Å². The van der Waals surface area contributed by atoms with Crippen LogP contribution in [0.3, 0.4) is 0 Å². The van der Waals surface area contributed by atoms with Gasteiger partial charge < -0.3 is 0 Å². The number of nitrogens with zero attached hydrogens (tertiary/aromatic N) is 4. The van der Waals surface area contributed by atoms with Gasteiger partial charge in [0, 0.05) is 11.3 Å². The Morgan fingerprint density at radius 2 is 1.63 bits per heavy atom. The van der Waals surface area contributed by atoms with Gasteiger partial charge >= 0.3 is 0 Å². The van der Waals surface area contributed by atoms with Crippen LogP contribution < -0.4 is 0 Å². The molecule has 0 amide bonds. The lowest BCUT2D eigenvalue weighted by Crippen LogP contribution is -2.08. The minimum absolute atomic E-state index is 0.561. The van der Waals surface area contributed by atoms with E-state index in [2.05, 4.69) is 11.7 Å². The molecule has 0 fully saturated rings. The van der Waals surface area contributed by atoms with E-state index in [4.69, 9.17) is 9.97 Å². The number of aromatic nitrogens is 4. The molecule has 0 aliphatic carbocycles. The van der Waals surface area contributed by atoms with E-state index < -0.39 is 0 Å². The van der Waals surface area contributed by atoms with Gasteiger partial charge in [0.2, 0.25) is 0 Å². The molecule has 0 aliphatic rings. The van der Waals surface area contributed by atoms with Crippen molar-refractivity contribution in [3.05, 3.63) is 90.4 Å². The van der Waals surface area contributed by atoms with Crippen LogP contribution in [0.25, 0.3) is 22.8 Å². The Morgan fingerprint density at radius 3 is 2.17 bits per heavy atom. The Kier molecular flexibility index (Phi) is 10.8. The molecule has 0 saturated carbocycles. The highest BCUT2D eigenvalue weighted by Gasteiger charge is 2.12. The van der Waals surface area contributed by atoms with Gasteiger partial charge in [-0.05, 0) is 38.5 Å². The first-order valence-electron chi connectivity index (χ1n) is 10.6. The van der Waals surface area contributed by atoms with Crippen molar-refractivity contribution in [3.63, 3.8) is 0 Å². The van der Waals surface area contributed by atoms with Gasteiger partial charge in [-0.3, -0.25) is 0 Å². The topological polar surface area (TPSA) is 43.6 Å². The molecule has 4 nitrogen and oxygen atoms in total. The second-order valence-corrected chi connectivity index (χ2v) is 6.00. The summed E-state index contributed by atoms with van der Waals surface area (Å²) in [6, 6.07) is 14.1. The van der Waals surface area contributed by atoms with Gasteiger partial charge in [0.05, 0.1) is 17.1 Å². The van der Waals surface area contributed by atoms with Gasteiger partial charge in [0.15, 0.2) is 0 Å². The smallest absolute Gasteiger partial charge is 0.211 e. The number of hydrogen-bond donors (Lipinski definition) is 0. The first-order valence-corrected chi connectivity index (χ1v) is 10.6. The third-order valence-corrected chi connectivity index (χ3v) is 3.92. The van der Waals surface area contributed by atoms with Crippen LogP contribution in [0.15, 0.2) is 73.3 Å². The Morgan fingerprint density at radius 1 is 0.967 bits per heavy atom. The van der Waals surface area contributed by atoms with E-state index in [9.17, 15) is 0 Å². The van der Waals surface area contributed by atoms with Crippen molar-refractivity contribution in [1.82, 2.24) is 19.7 Å². The molecule has 0 unspecified atom stereocenters.